The monoisotopic (exact) mass is 392 g/mol. The molecule has 0 spiro atoms. The van der Waals surface area contributed by atoms with Crippen LogP contribution in [0.5, 0.6) is 0 Å². The Hall–Kier alpha value is -3.90. The third-order valence-corrected chi connectivity index (χ3v) is 5.08. The van der Waals surface area contributed by atoms with E-state index in [9.17, 15) is 0 Å². The molecule has 2 aromatic carbocycles. The second-order valence-corrected chi connectivity index (χ2v) is 7.05. The molecule has 6 heteroatoms. The molecule has 5 rings (SSSR count). The molecule has 0 aliphatic carbocycles. The van der Waals surface area contributed by atoms with Gasteiger partial charge in [0.25, 0.3) is 0 Å². The third-order valence-electron chi connectivity index (χ3n) is 5.08. The molecular weight excluding hydrogens is 372 g/mol. The summed E-state index contributed by atoms with van der Waals surface area (Å²) in [5.41, 5.74) is 6.32. The van der Waals surface area contributed by atoms with Gasteiger partial charge >= 0.3 is 0 Å². The highest BCUT2D eigenvalue weighted by Gasteiger charge is 2.14. The fourth-order valence-electron chi connectivity index (χ4n) is 3.64. The lowest BCUT2D eigenvalue weighted by Crippen LogP contribution is -2.04. The number of fused-ring (bicyclic) bond motifs is 1. The lowest BCUT2D eigenvalue weighted by Gasteiger charge is -2.14. The molecule has 3 aromatic heterocycles. The summed E-state index contributed by atoms with van der Waals surface area (Å²) in [6.07, 6.45) is 5.07. The van der Waals surface area contributed by atoms with E-state index in [2.05, 4.69) is 63.0 Å². The molecule has 0 unspecified atom stereocenters. The van der Waals surface area contributed by atoms with Crippen LogP contribution in [0.1, 0.15) is 5.56 Å². The normalized spacial score (nSPS) is 11.1. The van der Waals surface area contributed by atoms with Crippen LogP contribution in [0.4, 0.5) is 0 Å². The lowest BCUT2D eigenvalue weighted by atomic mass is 9.97. The maximum atomic E-state index is 5.06. The Kier molecular flexibility index (Phi) is 4.75. The van der Waals surface area contributed by atoms with E-state index < -0.39 is 0 Å². The number of hydrogen-bond donors (Lipinski definition) is 1. The zero-order chi connectivity index (χ0) is 20.3. The van der Waals surface area contributed by atoms with E-state index in [-0.39, 0.29) is 0 Å². The van der Waals surface area contributed by atoms with Gasteiger partial charge < -0.3 is 5.32 Å². The van der Waals surface area contributed by atoms with Crippen LogP contribution in [-0.2, 0) is 6.54 Å². The zero-order valence-electron chi connectivity index (χ0n) is 16.5. The molecule has 0 aliphatic heterocycles. The van der Waals surface area contributed by atoms with Crippen molar-refractivity contribution in [2.45, 2.75) is 6.54 Å². The van der Waals surface area contributed by atoms with Gasteiger partial charge in [-0.05, 0) is 30.3 Å². The van der Waals surface area contributed by atoms with E-state index in [1.807, 2.05) is 35.9 Å². The summed E-state index contributed by atoms with van der Waals surface area (Å²) < 4.78 is 1.81. The minimum atomic E-state index is 0.762. The first kappa shape index (κ1) is 18.1. The van der Waals surface area contributed by atoms with E-state index in [0.717, 1.165) is 45.6 Å². The van der Waals surface area contributed by atoms with Crippen molar-refractivity contribution in [1.82, 2.24) is 30.0 Å². The van der Waals surface area contributed by atoms with Gasteiger partial charge in [-0.1, -0.05) is 54.6 Å². The summed E-state index contributed by atoms with van der Waals surface area (Å²) in [6.45, 7) is 0.838. The molecule has 30 heavy (non-hydrogen) atoms. The summed E-state index contributed by atoms with van der Waals surface area (Å²) in [6, 6.07) is 23.0. The van der Waals surface area contributed by atoms with Crippen molar-refractivity contribution in [2.75, 3.05) is 7.05 Å². The van der Waals surface area contributed by atoms with Crippen molar-refractivity contribution in [3.8, 4) is 28.2 Å². The van der Waals surface area contributed by atoms with Crippen LogP contribution in [-0.4, -0.2) is 31.8 Å². The van der Waals surface area contributed by atoms with Gasteiger partial charge in [0.15, 0.2) is 0 Å². The van der Waals surface area contributed by atoms with Crippen LogP contribution >= 0.6 is 0 Å². The first-order chi connectivity index (χ1) is 14.8. The second kappa shape index (κ2) is 7.85. The highest BCUT2D eigenvalue weighted by Crippen LogP contribution is 2.34. The molecule has 0 amide bonds. The van der Waals surface area contributed by atoms with Gasteiger partial charge in [-0.2, -0.15) is 0 Å². The third kappa shape index (κ3) is 3.33. The summed E-state index contributed by atoms with van der Waals surface area (Å²) in [5.74, 6) is 0.762. The number of aromatic nitrogens is 5. The van der Waals surface area contributed by atoms with Crippen molar-refractivity contribution in [2.24, 2.45) is 0 Å². The molecular formula is C24H20N6. The van der Waals surface area contributed by atoms with Crippen LogP contribution in [0.25, 0.3) is 39.1 Å². The number of nitrogens with zero attached hydrogens (tertiary/aromatic N) is 5. The molecule has 1 N–H and O–H groups in total. The topological polar surface area (TPSA) is 68.5 Å². The van der Waals surface area contributed by atoms with Crippen molar-refractivity contribution in [1.29, 1.82) is 0 Å². The van der Waals surface area contributed by atoms with Crippen LogP contribution < -0.4 is 5.32 Å². The molecule has 5 aromatic rings. The minimum absolute atomic E-state index is 0.762. The Labute approximate surface area is 174 Å². The van der Waals surface area contributed by atoms with Crippen LogP contribution in [0.2, 0.25) is 0 Å². The van der Waals surface area contributed by atoms with Crippen molar-refractivity contribution < 1.29 is 0 Å². The average Bonchev–Trinajstić information content (AvgIpc) is 3.34. The first-order valence-corrected chi connectivity index (χ1v) is 9.77. The van der Waals surface area contributed by atoms with Crippen molar-refractivity contribution >= 4 is 10.9 Å². The molecule has 3 heterocycles. The summed E-state index contributed by atoms with van der Waals surface area (Å²) in [5, 5.41) is 12.0. The molecule has 0 aliphatic rings. The van der Waals surface area contributed by atoms with Gasteiger partial charge in [0, 0.05) is 29.3 Å². The molecule has 0 bridgehead atoms. The standard InChI is InChI=1S/C24H20N6/c1-25-14-17-7-9-19(10-8-17)23-20(18-5-3-2-4-6-18)13-21-22(29-23)11-12-26-24(21)30-15-27-28-16-30/h2-13,15-16,25H,14H2,1H3. The van der Waals surface area contributed by atoms with Gasteiger partial charge in [0.1, 0.15) is 18.5 Å². The molecule has 0 fully saturated rings. The fraction of sp³-hybridized carbons (Fsp3) is 0.0833. The summed E-state index contributed by atoms with van der Waals surface area (Å²) in [7, 11) is 1.95. The molecule has 0 saturated heterocycles. The Bertz CT molecular complexity index is 1280. The number of benzene rings is 2. The van der Waals surface area contributed by atoms with E-state index in [0.29, 0.717) is 0 Å². The molecule has 146 valence electrons. The predicted molar refractivity (Wildman–Crippen MR) is 118 cm³/mol. The lowest BCUT2D eigenvalue weighted by molar-refractivity contribution is 0.818. The van der Waals surface area contributed by atoms with Gasteiger partial charge in [-0.15, -0.1) is 10.2 Å². The number of nitrogens with one attached hydrogen (secondary N) is 1. The predicted octanol–water partition coefficient (Wildman–Crippen LogP) is 4.26. The number of rotatable bonds is 5. The second-order valence-electron chi connectivity index (χ2n) is 7.05. The van der Waals surface area contributed by atoms with Gasteiger partial charge in [-0.3, -0.25) is 4.57 Å². The largest absolute Gasteiger partial charge is 0.316 e. The van der Waals surface area contributed by atoms with Gasteiger partial charge in [0.05, 0.1) is 11.2 Å². The smallest absolute Gasteiger partial charge is 0.148 e. The average molecular weight is 392 g/mol. The van der Waals surface area contributed by atoms with Gasteiger partial charge in [-0.25, -0.2) is 9.97 Å². The Morgan fingerprint density at radius 2 is 1.63 bits per heavy atom. The SMILES string of the molecule is CNCc1ccc(-c2nc3ccnc(-n4cnnc4)c3cc2-c2ccccc2)cc1. The van der Waals surface area contributed by atoms with E-state index in [4.69, 9.17) is 4.98 Å². The number of hydrogen-bond acceptors (Lipinski definition) is 5. The molecule has 0 atom stereocenters. The summed E-state index contributed by atoms with van der Waals surface area (Å²) >= 11 is 0. The summed E-state index contributed by atoms with van der Waals surface area (Å²) in [4.78, 5) is 9.61. The van der Waals surface area contributed by atoms with E-state index in [1.165, 1.54) is 5.56 Å². The zero-order valence-corrected chi connectivity index (χ0v) is 16.5. The maximum Gasteiger partial charge on any atom is 0.148 e. The van der Waals surface area contributed by atoms with Crippen molar-refractivity contribution in [3.63, 3.8) is 0 Å². The fourth-order valence-corrected chi connectivity index (χ4v) is 3.64. The molecule has 6 nitrogen and oxygen atoms in total. The quantitative estimate of drug-likeness (QED) is 0.484. The minimum Gasteiger partial charge on any atom is -0.316 e. The highest BCUT2D eigenvalue weighted by atomic mass is 15.2. The Balaban J connectivity index is 1.75. The molecule has 0 saturated carbocycles. The van der Waals surface area contributed by atoms with Crippen LogP contribution in [0.3, 0.4) is 0 Å². The van der Waals surface area contributed by atoms with Crippen molar-refractivity contribution in [3.05, 3.63) is 91.1 Å². The number of pyridine rings is 2. The first-order valence-electron chi connectivity index (χ1n) is 9.77. The molecule has 0 radical (unpaired) electrons. The maximum absolute atomic E-state index is 5.06. The van der Waals surface area contributed by atoms with E-state index in [1.54, 1.807) is 18.9 Å². The van der Waals surface area contributed by atoms with E-state index >= 15 is 0 Å². The van der Waals surface area contributed by atoms with Gasteiger partial charge in [0.2, 0.25) is 0 Å². The van der Waals surface area contributed by atoms with Crippen LogP contribution in [0, 0.1) is 0 Å². The van der Waals surface area contributed by atoms with Crippen LogP contribution in [0.15, 0.2) is 85.6 Å². The highest BCUT2D eigenvalue weighted by molar-refractivity contribution is 5.94. The Morgan fingerprint density at radius 3 is 2.37 bits per heavy atom. The Morgan fingerprint density at radius 1 is 0.867 bits per heavy atom.